The quantitative estimate of drug-likeness (QED) is 0.468. The first-order valence-corrected chi connectivity index (χ1v) is 9.47. The molecule has 5 heteroatoms. The largest absolute Gasteiger partial charge is 0.491 e. The summed E-state index contributed by atoms with van der Waals surface area (Å²) in [6.45, 7) is 3.17. The fourth-order valence-electron chi connectivity index (χ4n) is 2.91. The van der Waals surface area contributed by atoms with E-state index >= 15 is 0 Å². The van der Waals surface area contributed by atoms with Crippen LogP contribution in [0.5, 0.6) is 5.75 Å². The Balaban J connectivity index is 1.64. The van der Waals surface area contributed by atoms with E-state index in [1.54, 1.807) is 60.7 Å². The van der Waals surface area contributed by atoms with Crippen molar-refractivity contribution in [1.29, 1.82) is 0 Å². The van der Waals surface area contributed by atoms with Crippen molar-refractivity contribution in [2.45, 2.75) is 13.0 Å². The van der Waals surface area contributed by atoms with Crippen molar-refractivity contribution < 1.29 is 19.1 Å². The van der Waals surface area contributed by atoms with Crippen molar-refractivity contribution >= 4 is 17.5 Å². The number of imide groups is 1. The van der Waals surface area contributed by atoms with Crippen LogP contribution in [0.15, 0.2) is 78.9 Å². The van der Waals surface area contributed by atoms with Crippen LogP contribution in [0, 0.1) is 6.92 Å². The number of aryl methyl sites for hydroxylation is 1. The number of carbonyl (C=O) groups excluding carboxylic acids is 2. The number of carbonyl (C=O) groups is 2. The molecule has 0 bridgehead atoms. The summed E-state index contributed by atoms with van der Waals surface area (Å²) in [6.07, 6.45) is 0.161. The number of amides is 2. The van der Waals surface area contributed by atoms with E-state index < -0.39 is 0 Å². The van der Waals surface area contributed by atoms with Crippen molar-refractivity contribution in [1.82, 2.24) is 0 Å². The molecule has 0 radical (unpaired) electrons. The third-order valence-corrected chi connectivity index (χ3v) is 4.66. The minimum atomic E-state index is -0.378. The molecule has 1 aliphatic heterocycles. The molecule has 0 spiro atoms. The Hall–Kier alpha value is -3.44. The van der Waals surface area contributed by atoms with Crippen molar-refractivity contribution in [3.63, 3.8) is 0 Å². The molecule has 2 amide bonds. The van der Waals surface area contributed by atoms with Crippen LogP contribution in [0.2, 0.25) is 0 Å². The minimum absolute atomic E-state index is 0.161. The molecule has 3 aromatic carbocycles. The molecule has 0 N–H and O–H groups in total. The van der Waals surface area contributed by atoms with Gasteiger partial charge in [0.05, 0.1) is 12.3 Å². The number of nitrogens with zero attached hydrogens (tertiary/aromatic N) is 1. The lowest BCUT2D eigenvalue weighted by Crippen LogP contribution is -2.37. The minimum Gasteiger partial charge on any atom is -0.491 e. The molecule has 0 aromatic heterocycles. The second-order valence-electron chi connectivity index (χ2n) is 6.94. The molecule has 5 nitrogen and oxygen atoms in total. The maximum atomic E-state index is 13.2. The standard InChI is InChI=1S/C24H21NO4/c1-17-7-9-19(10-8-17)24(27)25(23(26)18-5-3-2-4-6-18)20-11-13-21(14-12-20)28-15-22-16-29-22/h2-14,22H,15-16H2,1H3. The maximum Gasteiger partial charge on any atom is 0.265 e. The Morgan fingerprint density at radius 1 is 0.897 bits per heavy atom. The molecule has 146 valence electrons. The number of epoxide rings is 1. The van der Waals surface area contributed by atoms with E-state index in [0.717, 1.165) is 12.2 Å². The molecule has 1 atom stereocenters. The summed E-state index contributed by atoms with van der Waals surface area (Å²) in [5, 5.41) is 0. The predicted molar refractivity (Wildman–Crippen MR) is 110 cm³/mol. The van der Waals surface area contributed by atoms with E-state index in [0.29, 0.717) is 29.2 Å². The number of rotatable bonds is 6. The van der Waals surface area contributed by atoms with Gasteiger partial charge in [0.25, 0.3) is 11.8 Å². The van der Waals surface area contributed by atoms with Gasteiger partial charge in [-0.05, 0) is 55.5 Å². The zero-order valence-electron chi connectivity index (χ0n) is 16.1. The summed E-state index contributed by atoms with van der Waals surface area (Å²) < 4.78 is 10.8. The van der Waals surface area contributed by atoms with Crippen LogP contribution < -0.4 is 9.64 Å². The van der Waals surface area contributed by atoms with Gasteiger partial charge in [-0.1, -0.05) is 35.9 Å². The molecule has 0 aliphatic carbocycles. The summed E-state index contributed by atoms with van der Waals surface area (Å²) in [5.41, 5.74) is 2.42. The average molecular weight is 387 g/mol. The topological polar surface area (TPSA) is 59.1 Å². The monoisotopic (exact) mass is 387 g/mol. The third-order valence-electron chi connectivity index (χ3n) is 4.66. The van der Waals surface area contributed by atoms with Crippen molar-refractivity contribution in [2.75, 3.05) is 18.1 Å². The first-order valence-electron chi connectivity index (χ1n) is 9.47. The van der Waals surface area contributed by atoms with Gasteiger partial charge in [0.2, 0.25) is 0 Å². The Bertz CT molecular complexity index is 993. The second-order valence-corrected chi connectivity index (χ2v) is 6.94. The van der Waals surface area contributed by atoms with E-state index in [1.807, 2.05) is 25.1 Å². The number of hydrogen-bond acceptors (Lipinski definition) is 4. The lowest BCUT2D eigenvalue weighted by Gasteiger charge is -2.21. The molecule has 1 aliphatic rings. The molecule has 1 heterocycles. The number of benzene rings is 3. The van der Waals surface area contributed by atoms with Gasteiger partial charge in [-0.25, -0.2) is 4.90 Å². The molecule has 4 rings (SSSR count). The number of anilines is 1. The van der Waals surface area contributed by atoms with Crippen molar-refractivity contribution in [3.05, 3.63) is 95.6 Å². The molecule has 29 heavy (non-hydrogen) atoms. The van der Waals surface area contributed by atoms with Gasteiger partial charge >= 0.3 is 0 Å². The molecule has 0 saturated carbocycles. The Kier molecular flexibility index (Phi) is 5.40. The normalized spacial score (nSPS) is 14.9. The Morgan fingerprint density at radius 3 is 2.07 bits per heavy atom. The van der Waals surface area contributed by atoms with Gasteiger partial charge in [-0.2, -0.15) is 0 Å². The highest BCUT2D eigenvalue weighted by Crippen LogP contribution is 2.24. The lowest BCUT2D eigenvalue weighted by molar-refractivity contribution is 0.0897. The van der Waals surface area contributed by atoms with Crippen molar-refractivity contribution in [2.24, 2.45) is 0 Å². The van der Waals surface area contributed by atoms with Crippen LogP contribution in [0.3, 0.4) is 0 Å². The van der Waals surface area contributed by atoms with Gasteiger partial charge in [0, 0.05) is 11.1 Å². The molecule has 3 aromatic rings. The van der Waals surface area contributed by atoms with E-state index in [9.17, 15) is 9.59 Å². The molecular formula is C24H21NO4. The van der Waals surface area contributed by atoms with E-state index in [-0.39, 0.29) is 17.9 Å². The third kappa shape index (κ3) is 4.52. The van der Waals surface area contributed by atoms with Crippen LogP contribution in [0.25, 0.3) is 0 Å². The zero-order valence-corrected chi connectivity index (χ0v) is 16.1. The second kappa shape index (κ2) is 8.29. The van der Waals surface area contributed by atoms with Gasteiger partial charge < -0.3 is 9.47 Å². The van der Waals surface area contributed by atoms with Gasteiger partial charge in [-0.15, -0.1) is 0 Å². The summed E-state index contributed by atoms with van der Waals surface area (Å²) in [4.78, 5) is 27.6. The smallest absolute Gasteiger partial charge is 0.265 e. The van der Waals surface area contributed by atoms with Crippen molar-refractivity contribution in [3.8, 4) is 5.75 Å². The molecule has 1 fully saturated rings. The van der Waals surface area contributed by atoms with Gasteiger partial charge in [-0.3, -0.25) is 9.59 Å². The predicted octanol–water partition coefficient (Wildman–Crippen LogP) is 4.26. The highest BCUT2D eigenvalue weighted by molar-refractivity contribution is 6.25. The Morgan fingerprint density at radius 2 is 1.48 bits per heavy atom. The average Bonchev–Trinajstić information content (AvgIpc) is 3.59. The first kappa shape index (κ1) is 18.9. The highest BCUT2D eigenvalue weighted by atomic mass is 16.6. The van der Waals surface area contributed by atoms with Gasteiger partial charge in [0.15, 0.2) is 0 Å². The fraction of sp³-hybridized carbons (Fsp3) is 0.167. The first-order chi connectivity index (χ1) is 14.1. The van der Waals surface area contributed by atoms with Crippen LogP contribution in [-0.4, -0.2) is 31.1 Å². The van der Waals surface area contributed by atoms with Crippen LogP contribution in [0.4, 0.5) is 5.69 Å². The van der Waals surface area contributed by atoms with E-state index in [4.69, 9.17) is 9.47 Å². The number of ether oxygens (including phenoxy) is 2. The van der Waals surface area contributed by atoms with Gasteiger partial charge in [0.1, 0.15) is 18.5 Å². The van der Waals surface area contributed by atoms with Crippen LogP contribution in [0.1, 0.15) is 26.3 Å². The molecule has 1 saturated heterocycles. The van der Waals surface area contributed by atoms with E-state index in [2.05, 4.69) is 0 Å². The summed E-state index contributed by atoms with van der Waals surface area (Å²) in [6, 6.07) is 22.9. The Labute approximate surface area is 169 Å². The SMILES string of the molecule is Cc1ccc(C(=O)N(C(=O)c2ccccc2)c2ccc(OCC3CO3)cc2)cc1. The maximum absolute atomic E-state index is 13.2. The van der Waals surface area contributed by atoms with Crippen LogP contribution in [-0.2, 0) is 4.74 Å². The summed E-state index contributed by atoms with van der Waals surface area (Å²) in [7, 11) is 0. The number of hydrogen-bond donors (Lipinski definition) is 0. The molecule has 1 unspecified atom stereocenters. The molecular weight excluding hydrogens is 366 g/mol. The summed E-state index contributed by atoms with van der Waals surface area (Å²) in [5.74, 6) is -0.0886. The zero-order chi connectivity index (χ0) is 20.2. The highest BCUT2D eigenvalue weighted by Gasteiger charge is 2.26. The van der Waals surface area contributed by atoms with E-state index in [1.165, 1.54) is 4.90 Å². The lowest BCUT2D eigenvalue weighted by atomic mass is 10.1. The fourth-order valence-corrected chi connectivity index (χ4v) is 2.91. The summed E-state index contributed by atoms with van der Waals surface area (Å²) >= 11 is 0. The van der Waals surface area contributed by atoms with Crippen LogP contribution >= 0.6 is 0 Å².